The van der Waals surface area contributed by atoms with Gasteiger partial charge in [0.2, 0.25) is 0 Å². The van der Waals surface area contributed by atoms with Crippen molar-refractivity contribution in [3.8, 4) is 5.75 Å². The first-order valence-electron chi connectivity index (χ1n) is 4.42. The average molecular weight is 162 g/mol. The van der Waals surface area contributed by atoms with E-state index in [-0.39, 0.29) is 0 Å². The van der Waals surface area contributed by atoms with Crippen LogP contribution in [0.1, 0.15) is 22.3 Å². The largest absolute Gasteiger partial charge is 0.493 e. The van der Waals surface area contributed by atoms with Gasteiger partial charge >= 0.3 is 0 Å². The van der Waals surface area contributed by atoms with E-state index in [9.17, 15) is 0 Å². The van der Waals surface area contributed by atoms with Gasteiger partial charge in [0.15, 0.2) is 0 Å². The third-order valence-electron chi connectivity index (χ3n) is 2.71. The molecule has 0 amide bonds. The van der Waals surface area contributed by atoms with E-state index in [1.807, 2.05) is 0 Å². The van der Waals surface area contributed by atoms with Crippen molar-refractivity contribution >= 4 is 0 Å². The molecule has 12 heavy (non-hydrogen) atoms. The van der Waals surface area contributed by atoms with Crippen molar-refractivity contribution in [3.05, 3.63) is 28.3 Å². The van der Waals surface area contributed by atoms with Crippen LogP contribution in [-0.2, 0) is 6.42 Å². The zero-order chi connectivity index (χ0) is 8.72. The zero-order valence-corrected chi connectivity index (χ0v) is 7.90. The molecule has 0 unspecified atom stereocenters. The van der Waals surface area contributed by atoms with Gasteiger partial charge in [0.25, 0.3) is 0 Å². The van der Waals surface area contributed by atoms with Crippen molar-refractivity contribution in [2.24, 2.45) is 0 Å². The standard InChI is InChI=1S/C11H14O/c1-7-6-8(2)11-10(9(7)3)4-5-12-11/h6H,4-5H2,1-3H3. The molecule has 1 aromatic rings. The van der Waals surface area contributed by atoms with Crippen molar-refractivity contribution in [2.75, 3.05) is 6.61 Å². The molecule has 2 rings (SSSR count). The molecule has 1 aromatic carbocycles. The summed E-state index contributed by atoms with van der Waals surface area (Å²) in [4.78, 5) is 0. The SMILES string of the molecule is Cc1cc(C)c2c(c1C)CCO2. The van der Waals surface area contributed by atoms with E-state index >= 15 is 0 Å². The van der Waals surface area contributed by atoms with Crippen LogP contribution in [0.3, 0.4) is 0 Å². The second kappa shape index (κ2) is 2.51. The summed E-state index contributed by atoms with van der Waals surface area (Å²) in [6.45, 7) is 7.33. The summed E-state index contributed by atoms with van der Waals surface area (Å²) in [5.41, 5.74) is 5.50. The quantitative estimate of drug-likeness (QED) is 0.569. The fourth-order valence-corrected chi connectivity index (χ4v) is 1.90. The van der Waals surface area contributed by atoms with Gasteiger partial charge in [-0.3, -0.25) is 0 Å². The molecule has 0 aromatic heterocycles. The van der Waals surface area contributed by atoms with Crippen LogP contribution in [0.15, 0.2) is 6.07 Å². The number of hydrogen-bond donors (Lipinski definition) is 0. The monoisotopic (exact) mass is 162 g/mol. The van der Waals surface area contributed by atoms with Crippen molar-refractivity contribution in [2.45, 2.75) is 27.2 Å². The van der Waals surface area contributed by atoms with Crippen molar-refractivity contribution in [1.29, 1.82) is 0 Å². The Morgan fingerprint density at radius 2 is 1.92 bits per heavy atom. The Kier molecular flexibility index (Phi) is 1.60. The first kappa shape index (κ1) is 7.66. The predicted molar refractivity (Wildman–Crippen MR) is 49.9 cm³/mol. The topological polar surface area (TPSA) is 9.23 Å². The van der Waals surface area contributed by atoms with E-state index in [1.165, 1.54) is 22.3 Å². The Bertz CT molecular complexity index is 326. The molecule has 0 N–H and O–H groups in total. The third kappa shape index (κ3) is 0.927. The van der Waals surface area contributed by atoms with Gasteiger partial charge in [0, 0.05) is 12.0 Å². The lowest BCUT2D eigenvalue weighted by Crippen LogP contribution is -1.90. The second-order valence-electron chi connectivity index (χ2n) is 3.54. The fraction of sp³-hybridized carbons (Fsp3) is 0.455. The van der Waals surface area contributed by atoms with Gasteiger partial charge in [0.05, 0.1) is 6.61 Å². The molecule has 1 heterocycles. The first-order chi connectivity index (χ1) is 5.70. The average Bonchev–Trinajstić information content (AvgIpc) is 2.48. The van der Waals surface area contributed by atoms with E-state index in [4.69, 9.17) is 4.74 Å². The highest BCUT2D eigenvalue weighted by molar-refractivity contribution is 5.51. The fourth-order valence-electron chi connectivity index (χ4n) is 1.90. The van der Waals surface area contributed by atoms with Crippen LogP contribution in [0, 0.1) is 20.8 Å². The first-order valence-corrected chi connectivity index (χ1v) is 4.42. The van der Waals surface area contributed by atoms with Crippen LogP contribution >= 0.6 is 0 Å². The molecule has 0 atom stereocenters. The summed E-state index contributed by atoms with van der Waals surface area (Å²) >= 11 is 0. The third-order valence-corrected chi connectivity index (χ3v) is 2.71. The summed E-state index contributed by atoms with van der Waals surface area (Å²) < 4.78 is 5.57. The Morgan fingerprint density at radius 3 is 2.67 bits per heavy atom. The normalized spacial score (nSPS) is 14.2. The maximum Gasteiger partial charge on any atom is 0.125 e. The molecule has 0 fully saturated rings. The van der Waals surface area contributed by atoms with Crippen LogP contribution in [0.5, 0.6) is 5.75 Å². The molecule has 0 radical (unpaired) electrons. The highest BCUT2D eigenvalue weighted by Crippen LogP contribution is 2.33. The van der Waals surface area contributed by atoms with E-state index in [0.29, 0.717) is 0 Å². The molecule has 0 bridgehead atoms. The number of benzene rings is 1. The molecule has 0 saturated carbocycles. The summed E-state index contributed by atoms with van der Waals surface area (Å²) in [6.07, 6.45) is 1.09. The van der Waals surface area contributed by atoms with Gasteiger partial charge in [-0.1, -0.05) is 6.07 Å². The summed E-state index contributed by atoms with van der Waals surface area (Å²) in [6, 6.07) is 2.21. The lowest BCUT2D eigenvalue weighted by molar-refractivity contribution is 0.354. The molecule has 1 aliphatic heterocycles. The molecule has 64 valence electrons. The maximum atomic E-state index is 5.57. The highest BCUT2D eigenvalue weighted by Gasteiger charge is 2.17. The molecular weight excluding hydrogens is 148 g/mol. The number of aryl methyl sites for hydroxylation is 2. The Labute approximate surface area is 73.4 Å². The lowest BCUT2D eigenvalue weighted by Gasteiger charge is -2.08. The van der Waals surface area contributed by atoms with E-state index in [0.717, 1.165) is 18.8 Å². The predicted octanol–water partition coefficient (Wildman–Crippen LogP) is 2.55. The van der Waals surface area contributed by atoms with Gasteiger partial charge < -0.3 is 4.74 Å². The number of rotatable bonds is 0. The van der Waals surface area contributed by atoms with E-state index < -0.39 is 0 Å². The van der Waals surface area contributed by atoms with Gasteiger partial charge in [-0.25, -0.2) is 0 Å². The van der Waals surface area contributed by atoms with E-state index in [1.54, 1.807) is 0 Å². The zero-order valence-electron chi connectivity index (χ0n) is 7.90. The maximum absolute atomic E-state index is 5.57. The van der Waals surface area contributed by atoms with E-state index in [2.05, 4.69) is 26.8 Å². The Hall–Kier alpha value is -0.980. The molecule has 0 aliphatic carbocycles. The minimum atomic E-state index is 0.862. The number of hydrogen-bond acceptors (Lipinski definition) is 1. The van der Waals surface area contributed by atoms with Gasteiger partial charge in [-0.2, -0.15) is 0 Å². The summed E-state index contributed by atoms with van der Waals surface area (Å²) in [5.74, 6) is 1.14. The Balaban J connectivity index is 2.69. The number of fused-ring (bicyclic) bond motifs is 1. The lowest BCUT2D eigenvalue weighted by atomic mass is 9.98. The number of ether oxygens (including phenoxy) is 1. The molecule has 1 heteroatoms. The molecule has 0 spiro atoms. The van der Waals surface area contributed by atoms with Crippen LogP contribution in [0.25, 0.3) is 0 Å². The minimum absolute atomic E-state index is 0.862. The van der Waals surface area contributed by atoms with Crippen LogP contribution in [-0.4, -0.2) is 6.61 Å². The van der Waals surface area contributed by atoms with Crippen molar-refractivity contribution in [1.82, 2.24) is 0 Å². The van der Waals surface area contributed by atoms with Crippen LogP contribution in [0.4, 0.5) is 0 Å². The van der Waals surface area contributed by atoms with Crippen LogP contribution in [0.2, 0.25) is 0 Å². The van der Waals surface area contributed by atoms with Crippen molar-refractivity contribution in [3.63, 3.8) is 0 Å². The summed E-state index contributed by atoms with van der Waals surface area (Å²) in [5, 5.41) is 0. The molecule has 1 nitrogen and oxygen atoms in total. The molecular formula is C11H14O. The molecule has 0 saturated heterocycles. The van der Waals surface area contributed by atoms with Crippen molar-refractivity contribution < 1.29 is 4.74 Å². The molecule has 1 aliphatic rings. The van der Waals surface area contributed by atoms with Gasteiger partial charge in [-0.15, -0.1) is 0 Å². The minimum Gasteiger partial charge on any atom is -0.493 e. The smallest absolute Gasteiger partial charge is 0.125 e. The second-order valence-corrected chi connectivity index (χ2v) is 3.54. The van der Waals surface area contributed by atoms with Gasteiger partial charge in [0.1, 0.15) is 5.75 Å². The summed E-state index contributed by atoms with van der Waals surface area (Å²) in [7, 11) is 0. The highest BCUT2D eigenvalue weighted by atomic mass is 16.5. The van der Waals surface area contributed by atoms with Gasteiger partial charge in [-0.05, 0) is 37.5 Å². The van der Waals surface area contributed by atoms with Crippen LogP contribution < -0.4 is 4.74 Å². The Morgan fingerprint density at radius 1 is 1.17 bits per heavy atom.